The van der Waals surface area contributed by atoms with Gasteiger partial charge in [-0.25, -0.2) is 19.8 Å². The lowest BCUT2D eigenvalue weighted by molar-refractivity contribution is 0.0730. The van der Waals surface area contributed by atoms with E-state index in [0.29, 0.717) is 60.0 Å². The number of aromatic nitrogens is 6. The minimum Gasteiger partial charge on any atom is -0.463 e. The number of fused-ring (bicyclic) bond motifs is 3. The highest BCUT2D eigenvalue weighted by molar-refractivity contribution is 6.14. The number of aromatic amines is 1. The van der Waals surface area contributed by atoms with Gasteiger partial charge in [-0.2, -0.15) is 10.1 Å². The third kappa shape index (κ3) is 3.68. The molecule has 0 unspecified atom stereocenters. The average molecular weight is 505 g/mol. The van der Waals surface area contributed by atoms with Gasteiger partial charge in [0.05, 0.1) is 6.26 Å². The van der Waals surface area contributed by atoms with E-state index in [1.807, 2.05) is 22.4 Å². The second-order valence-electron chi connectivity index (χ2n) is 10.1. The van der Waals surface area contributed by atoms with Crippen LogP contribution in [0.1, 0.15) is 53.3 Å². The van der Waals surface area contributed by atoms with Gasteiger partial charge in [0.25, 0.3) is 5.91 Å². The van der Waals surface area contributed by atoms with Crippen LogP contribution in [0.3, 0.4) is 0 Å². The molecule has 4 aromatic heterocycles. The van der Waals surface area contributed by atoms with Crippen LogP contribution in [-0.2, 0) is 13.1 Å². The Hall–Kier alpha value is -4.13. The number of nitrogens with zero attached hydrogens (tertiary/aromatic N) is 8. The number of anilines is 1. The number of aliphatic imine (C=N–C) groups is 1. The topological polar surface area (TPSA) is 148 Å². The smallest absolute Gasteiger partial charge is 0.346 e. The van der Waals surface area contributed by atoms with Crippen LogP contribution in [0.25, 0.3) is 5.78 Å². The summed E-state index contributed by atoms with van der Waals surface area (Å²) in [7, 11) is 0. The fraction of sp³-hybridized carbons (Fsp3) is 0.458. The highest BCUT2D eigenvalue weighted by atomic mass is 16.3. The predicted molar refractivity (Wildman–Crippen MR) is 133 cm³/mol. The quantitative estimate of drug-likeness (QED) is 0.342. The lowest BCUT2D eigenvalue weighted by atomic mass is 10.2. The van der Waals surface area contributed by atoms with Crippen molar-refractivity contribution in [1.29, 1.82) is 0 Å². The van der Waals surface area contributed by atoms with Gasteiger partial charge in [-0.1, -0.05) is 0 Å². The van der Waals surface area contributed by atoms with Crippen molar-refractivity contribution in [2.75, 3.05) is 18.2 Å². The molecule has 4 aromatic rings. The number of carbonyl (C=O) groups is 1. The maximum absolute atomic E-state index is 13.8. The van der Waals surface area contributed by atoms with Crippen LogP contribution in [0, 0.1) is 12.8 Å². The molecule has 2 aliphatic carbocycles. The Kier molecular flexibility index (Phi) is 4.90. The van der Waals surface area contributed by atoms with E-state index in [9.17, 15) is 9.59 Å². The normalized spacial score (nSPS) is 17.4. The van der Waals surface area contributed by atoms with Crippen molar-refractivity contribution >= 4 is 23.2 Å². The van der Waals surface area contributed by atoms with E-state index in [2.05, 4.69) is 15.2 Å². The minimum atomic E-state index is -0.163. The van der Waals surface area contributed by atoms with E-state index in [4.69, 9.17) is 15.2 Å². The molecule has 0 atom stereocenters. The van der Waals surface area contributed by atoms with Gasteiger partial charge in [0.2, 0.25) is 5.78 Å². The second-order valence-corrected chi connectivity index (χ2v) is 10.1. The Labute approximate surface area is 211 Å². The van der Waals surface area contributed by atoms with Gasteiger partial charge in [-0.05, 0) is 56.7 Å². The highest BCUT2D eigenvalue weighted by Crippen LogP contribution is 2.32. The molecule has 3 aliphatic rings. The zero-order valence-electron chi connectivity index (χ0n) is 20.5. The number of rotatable bonds is 8. The lowest BCUT2D eigenvalue weighted by Gasteiger charge is -2.21. The second kappa shape index (κ2) is 8.20. The molecule has 0 saturated heterocycles. The van der Waals surface area contributed by atoms with Crippen LogP contribution in [0.5, 0.6) is 0 Å². The van der Waals surface area contributed by atoms with Gasteiger partial charge < -0.3 is 9.32 Å². The highest BCUT2D eigenvalue weighted by Gasteiger charge is 2.36. The molecule has 1 amide bonds. The van der Waals surface area contributed by atoms with Crippen molar-refractivity contribution in [2.45, 2.75) is 51.7 Å². The third-order valence-corrected chi connectivity index (χ3v) is 7.25. The Morgan fingerprint density at radius 3 is 2.81 bits per heavy atom. The first-order valence-electron chi connectivity index (χ1n) is 12.7. The number of H-pyrrole nitrogens is 1. The molecule has 2 fully saturated rings. The SMILES string of the molecule is Cc1cc(C(=O)N(CCn2c(=O)n(CC3CC3)n3c4c(nc23)N(N)CN=C4c2ccco2)C2CC2)n[nH]1. The van der Waals surface area contributed by atoms with Crippen LogP contribution in [0.15, 0.2) is 38.7 Å². The van der Waals surface area contributed by atoms with Crippen molar-refractivity contribution in [2.24, 2.45) is 16.8 Å². The maximum atomic E-state index is 13.8. The van der Waals surface area contributed by atoms with Crippen molar-refractivity contribution in [1.82, 2.24) is 33.8 Å². The minimum absolute atomic E-state index is 0.128. The Morgan fingerprint density at radius 2 is 2.14 bits per heavy atom. The Balaban J connectivity index is 1.30. The zero-order chi connectivity index (χ0) is 25.3. The summed E-state index contributed by atoms with van der Waals surface area (Å²) in [6.45, 7) is 3.36. The first-order chi connectivity index (χ1) is 18.0. The Morgan fingerprint density at radius 1 is 1.30 bits per heavy atom. The van der Waals surface area contributed by atoms with E-state index in [1.165, 1.54) is 5.01 Å². The number of nitrogens with one attached hydrogen (secondary N) is 1. The van der Waals surface area contributed by atoms with E-state index in [0.717, 1.165) is 31.4 Å². The van der Waals surface area contributed by atoms with Crippen LogP contribution in [0.4, 0.5) is 5.82 Å². The summed E-state index contributed by atoms with van der Waals surface area (Å²) in [4.78, 5) is 38.2. The molecule has 0 bridgehead atoms. The standard InChI is InChI=1S/C24H28N10O3/c1-14-11-17(29-28-14)22(35)30(16-6-7-16)8-9-31-23-27-21-20(34(23)33(24(31)36)12-15-4-5-15)19(26-13-32(21)25)18-3-2-10-37-18/h2-3,10-11,15-16H,4-9,12-13,25H2,1H3,(H,28,29). The summed E-state index contributed by atoms with van der Waals surface area (Å²) < 4.78 is 10.9. The maximum Gasteiger partial charge on any atom is 0.346 e. The summed E-state index contributed by atoms with van der Waals surface area (Å²) in [5.41, 5.74) is 2.31. The van der Waals surface area contributed by atoms with Crippen molar-refractivity contribution in [3.63, 3.8) is 0 Å². The monoisotopic (exact) mass is 504 g/mol. The van der Waals surface area contributed by atoms with Crippen molar-refractivity contribution in [3.8, 4) is 0 Å². The molecule has 13 heteroatoms. The van der Waals surface area contributed by atoms with Gasteiger partial charge in [0.1, 0.15) is 23.8 Å². The average Bonchev–Trinajstić information content (AvgIpc) is 3.71. The van der Waals surface area contributed by atoms with Crippen LogP contribution >= 0.6 is 0 Å². The largest absolute Gasteiger partial charge is 0.463 e. The summed E-state index contributed by atoms with van der Waals surface area (Å²) in [6, 6.07) is 5.55. The van der Waals surface area contributed by atoms with Crippen LogP contribution in [0.2, 0.25) is 0 Å². The number of hydrogen-bond acceptors (Lipinski definition) is 8. The number of aryl methyl sites for hydroxylation is 1. The number of carbonyl (C=O) groups excluding carboxylic acids is 1. The summed E-state index contributed by atoms with van der Waals surface area (Å²) in [5.74, 6) is 8.20. The summed E-state index contributed by atoms with van der Waals surface area (Å²) in [6.07, 6.45) is 5.67. The third-order valence-electron chi connectivity index (χ3n) is 7.25. The molecule has 3 N–H and O–H groups in total. The summed E-state index contributed by atoms with van der Waals surface area (Å²) in [5, 5.41) is 8.47. The number of furan rings is 1. The number of amides is 1. The molecule has 2 saturated carbocycles. The van der Waals surface area contributed by atoms with Gasteiger partial charge in [-0.3, -0.25) is 24.5 Å². The molecule has 5 heterocycles. The van der Waals surface area contributed by atoms with Gasteiger partial charge in [0, 0.05) is 31.4 Å². The van der Waals surface area contributed by atoms with Gasteiger partial charge in [0.15, 0.2) is 11.6 Å². The van der Waals surface area contributed by atoms with Gasteiger partial charge >= 0.3 is 5.69 Å². The van der Waals surface area contributed by atoms with Crippen LogP contribution in [-0.4, -0.2) is 64.7 Å². The molecule has 0 aromatic carbocycles. The lowest BCUT2D eigenvalue weighted by Crippen LogP contribution is -2.39. The molecule has 37 heavy (non-hydrogen) atoms. The van der Waals surface area contributed by atoms with E-state index < -0.39 is 0 Å². The molecular weight excluding hydrogens is 476 g/mol. The predicted octanol–water partition coefficient (Wildman–Crippen LogP) is 1.13. The van der Waals surface area contributed by atoms with Crippen LogP contribution < -0.4 is 16.5 Å². The summed E-state index contributed by atoms with van der Waals surface area (Å²) >= 11 is 0. The first kappa shape index (κ1) is 22.1. The number of imidazole rings is 1. The Bertz CT molecular complexity index is 1580. The fourth-order valence-corrected chi connectivity index (χ4v) is 5.03. The van der Waals surface area contributed by atoms with Crippen molar-refractivity contribution < 1.29 is 9.21 Å². The molecule has 7 rings (SSSR count). The van der Waals surface area contributed by atoms with Gasteiger partial charge in [-0.15, -0.1) is 0 Å². The van der Waals surface area contributed by atoms with E-state index in [1.54, 1.807) is 27.6 Å². The molecule has 1 aliphatic heterocycles. The number of hydrogen-bond donors (Lipinski definition) is 2. The molecule has 13 nitrogen and oxygen atoms in total. The number of hydrazine groups is 1. The molecule has 192 valence electrons. The zero-order valence-corrected chi connectivity index (χ0v) is 20.5. The molecular formula is C24H28N10O3. The van der Waals surface area contributed by atoms with Crippen molar-refractivity contribution in [3.05, 3.63) is 57.8 Å². The van der Waals surface area contributed by atoms with E-state index >= 15 is 0 Å². The first-order valence-corrected chi connectivity index (χ1v) is 12.7. The number of nitrogens with two attached hydrogens (primary N) is 1. The fourth-order valence-electron chi connectivity index (χ4n) is 5.03. The van der Waals surface area contributed by atoms with E-state index in [-0.39, 0.29) is 24.3 Å². The molecule has 0 spiro atoms. The molecule has 0 radical (unpaired) electrons.